The second kappa shape index (κ2) is 12.2. The summed E-state index contributed by atoms with van der Waals surface area (Å²) in [4.78, 5) is 4.36. The average Bonchev–Trinajstić information content (AvgIpc) is 2.65. The topological polar surface area (TPSA) is 90.8 Å². The van der Waals surface area contributed by atoms with Crippen LogP contribution in [0.5, 0.6) is 0 Å². The summed E-state index contributed by atoms with van der Waals surface area (Å²) >= 11 is 0. The lowest BCUT2D eigenvalue weighted by atomic mass is 10.1. The third-order valence-electron chi connectivity index (χ3n) is 4.06. The fourth-order valence-corrected chi connectivity index (χ4v) is 3.51. The minimum atomic E-state index is -3.28. The first-order chi connectivity index (χ1) is 13.7. The van der Waals surface area contributed by atoms with E-state index in [0.717, 1.165) is 6.26 Å². The molecule has 0 bridgehead atoms. The fourth-order valence-electron chi connectivity index (χ4n) is 2.67. The highest BCUT2D eigenvalue weighted by molar-refractivity contribution is 14.0. The molecule has 166 valence electrons. The Balaban J connectivity index is 0.00000450. The van der Waals surface area contributed by atoms with Gasteiger partial charge in [-0.3, -0.25) is 0 Å². The molecule has 1 atom stereocenters. The highest BCUT2D eigenvalue weighted by atomic mass is 127. The maximum Gasteiger partial charge on any atom is 0.191 e. The molecular formula is C20H26F2IN3O3S. The molecule has 6 nitrogen and oxygen atoms in total. The lowest BCUT2D eigenvalue weighted by Gasteiger charge is -2.16. The average molecular weight is 553 g/mol. The Labute approximate surface area is 192 Å². The molecule has 30 heavy (non-hydrogen) atoms. The number of hydrogen-bond donors (Lipinski definition) is 3. The van der Waals surface area contributed by atoms with Crippen molar-refractivity contribution >= 4 is 39.8 Å². The van der Waals surface area contributed by atoms with E-state index >= 15 is 0 Å². The van der Waals surface area contributed by atoms with E-state index in [2.05, 4.69) is 15.6 Å². The Kier molecular flexibility index (Phi) is 10.6. The minimum absolute atomic E-state index is 0. The first kappa shape index (κ1) is 26.2. The van der Waals surface area contributed by atoms with Gasteiger partial charge in [0.15, 0.2) is 15.8 Å². The predicted molar refractivity (Wildman–Crippen MR) is 125 cm³/mol. The van der Waals surface area contributed by atoms with Crippen molar-refractivity contribution in [3.8, 4) is 0 Å². The van der Waals surface area contributed by atoms with E-state index in [1.165, 1.54) is 42.5 Å². The zero-order valence-corrected chi connectivity index (χ0v) is 19.9. The third kappa shape index (κ3) is 8.92. The number of aliphatic imine (C=N–C) groups is 1. The summed E-state index contributed by atoms with van der Waals surface area (Å²) in [6.07, 6.45) is 0.237. The molecular weight excluding hydrogens is 527 g/mol. The summed E-state index contributed by atoms with van der Waals surface area (Å²) in [5.41, 5.74) is 1.50. The Morgan fingerprint density at radius 1 is 1.07 bits per heavy atom. The summed E-state index contributed by atoms with van der Waals surface area (Å²) in [5, 5.41) is 16.2. The van der Waals surface area contributed by atoms with Crippen LogP contribution in [0.4, 0.5) is 8.78 Å². The van der Waals surface area contributed by atoms with E-state index in [0.29, 0.717) is 29.2 Å². The van der Waals surface area contributed by atoms with Crippen LogP contribution >= 0.6 is 24.0 Å². The number of aliphatic hydroxyl groups is 1. The van der Waals surface area contributed by atoms with Crippen molar-refractivity contribution in [1.29, 1.82) is 0 Å². The molecule has 0 saturated heterocycles. The Morgan fingerprint density at radius 2 is 1.70 bits per heavy atom. The predicted octanol–water partition coefficient (Wildman–Crippen LogP) is 2.92. The number of benzene rings is 2. The number of nitrogens with zero attached hydrogens (tertiary/aromatic N) is 1. The molecule has 0 saturated carbocycles. The quantitative estimate of drug-likeness (QED) is 0.266. The summed E-state index contributed by atoms with van der Waals surface area (Å²) in [6, 6.07) is 9.46. The number of aliphatic hydroxyl groups excluding tert-OH is 1. The number of halogens is 3. The molecule has 2 aromatic rings. The maximum absolute atomic E-state index is 13.6. The molecule has 0 aromatic heterocycles. The molecule has 0 amide bonds. The standard InChI is InChI=1S/C20H25F2N3O3S.HI/c1-3-23-20(25-12-19(26)14-4-7-17(21)8-5-14)24-11-16-10-18(22)9-6-15(16)13-29(2,27)28;/h4-10,19,26H,3,11-13H2,1-2H3,(H2,23,24,25);1H. The Morgan fingerprint density at radius 3 is 2.30 bits per heavy atom. The van der Waals surface area contributed by atoms with Crippen LogP contribution in [0.1, 0.15) is 29.7 Å². The van der Waals surface area contributed by atoms with E-state index in [4.69, 9.17) is 0 Å². The molecule has 0 spiro atoms. The van der Waals surface area contributed by atoms with Gasteiger partial charge in [-0.1, -0.05) is 18.2 Å². The van der Waals surface area contributed by atoms with Crippen molar-refractivity contribution in [2.24, 2.45) is 4.99 Å². The van der Waals surface area contributed by atoms with Crippen LogP contribution in [0, 0.1) is 11.6 Å². The van der Waals surface area contributed by atoms with E-state index in [1.807, 2.05) is 6.92 Å². The van der Waals surface area contributed by atoms with Crippen molar-refractivity contribution in [2.45, 2.75) is 25.3 Å². The van der Waals surface area contributed by atoms with Crippen LogP contribution < -0.4 is 10.6 Å². The monoisotopic (exact) mass is 553 g/mol. The van der Waals surface area contributed by atoms with Gasteiger partial charge in [-0.05, 0) is 47.9 Å². The Bertz CT molecular complexity index is 954. The number of rotatable bonds is 8. The molecule has 0 heterocycles. The largest absolute Gasteiger partial charge is 0.387 e. The highest BCUT2D eigenvalue weighted by Gasteiger charge is 2.12. The summed E-state index contributed by atoms with van der Waals surface area (Å²) in [6.45, 7) is 2.60. The second-order valence-corrected chi connectivity index (χ2v) is 8.77. The lowest BCUT2D eigenvalue weighted by Crippen LogP contribution is -2.39. The normalized spacial score (nSPS) is 12.8. The molecule has 3 N–H and O–H groups in total. The van der Waals surface area contributed by atoms with Gasteiger partial charge >= 0.3 is 0 Å². The smallest absolute Gasteiger partial charge is 0.191 e. The molecule has 1 unspecified atom stereocenters. The maximum atomic E-state index is 13.6. The van der Waals surface area contributed by atoms with Crippen LogP contribution in [0.15, 0.2) is 47.5 Å². The summed E-state index contributed by atoms with van der Waals surface area (Å²) in [5.74, 6) is -0.685. The summed E-state index contributed by atoms with van der Waals surface area (Å²) < 4.78 is 49.8. The van der Waals surface area contributed by atoms with E-state index in [-0.39, 0.29) is 48.6 Å². The van der Waals surface area contributed by atoms with E-state index in [9.17, 15) is 22.3 Å². The van der Waals surface area contributed by atoms with Crippen LogP contribution in [0.3, 0.4) is 0 Å². The zero-order chi connectivity index (χ0) is 21.4. The molecule has 2 aromatic carbocycles. The van der Waals surface area contributed by atoms with E-state index in [1.54, 1.807) is 0 Å². The van der Waals surface area contributed by atoms with Crippen LogP contribution in [0.25, 0.3) is 0 Å². The molecule has 0 radical (unpaired) electrons. The van der Waals surface area contributed by atoms with Crippen molar-refractivity contribution < 1.29 is 22.3 Å². The molecule has 10 heteroatoms. The molecule has 0 aliphatic heterocycles. The van der Waals surface area contributed by atoms with Crippen LogP contribution in [-0.4, -0.2) is 38.8 Å². The Hall–Kier alpha value is -1.79. The lowest BCUT2D eigenvalue weighted by molar-refractivity contribution is 0.180. The van der Waals surface area contributed by atoms with Gasteiger partial charge < -0.3 is 15.7 Å². The number of nitrogens with one attached hydrogen (secondary N) is 2. The molecule has 0 aliphatic carbocycles. The van der Waals surface area contributed by atoms with Crippen molar-refractivity contribution in [3.05, 3.63) is 70.8 Å². The third-order valence-corrected chi connectivity index (χ3v) is 4.89. The van der Waals surface area contributed by atoms with Gasteiger partial charge in [0.1, 0.15) is 11.6 Å². The molecule has 0 fully saturated rings. The SMILES string of the molecule is CCNC(=NCc1cc(F)ccc1CS(C)(=O)=O)NCC(O)c1ccc(F)cc1.I. The van der Waals surface area contributed by atoms with Crippen molar-refractivity contribution in [2.75, 3.05) is 19.3 Å². The summed E-state index contributed by atoms with van der Waals surface area (Å²) in [7, 11) is -3.28. The minimum Gasteiger partial charge on any atom is -0.387 e. The van der Waals surface area contributed by atoms with Gasteiger partial charge in [0, 0.05) is 19.3 Å². The van der Waals surface area contributed by atoms with Crippen molar-refractivity contribution in [3.63, 3.8) is 0 Å². The van der Waals surface area contributed by atoms with Gasteiger partial charge in [-0.25, -0.2) is 22.2 Å². The highest BCUT2D eigenvalue weighted by Crippen LogP contribution is 2.16. The number of guanidine groups is 1. The molecule has 2 rings (SSSR count). The van der Waals surface area contributed by atoms with E-state index < -0.39 is 21.8 Å². The van der Waals surface area contributed by atoms with Crippen LogP contribution in [-0.2, 0) is 22.1 Å². The number of hydrogen-bond acceptors (Lipinski definition) is 4. The van der Waals surface area contributed by atoms with Gasteiger partial charge in [0.25, 0.3) is 0 Å². The zero-order valence-electron chi connectivity index (χ0n) is 16.7. The first-order valence-electron chi connectivity index (χ1n) is 9.08. The second-order valence-electron chi connectivity index (χ2n) is 6.63. The fraction of sp³-hybridized carbons (Fsp3) is 0.350. The van der Waals surface area contributed by atoms with Gasteiger partial charge in [0.2, 0.25) is 0 Å². The number of sulfone groups is 1. The first-order valence-corrected chi connectivity index (χ1v) is 11.1. The molecule has 0 aliphatic rings. The van der Waals surface area contributed by atoms with Crippen LogP contribution in [0.2, 0.25) is 0 Å². The van der Waals surface area contributed by atoms with Crippen molar-refractivity contribution in [1.82, 2.24) is 10.6 Å². The van der Waals surface area contributed by atoms with Gasteiger partial charge in [0.05, 0.1) is 18.4 Å². The van der Waals surface area contributed by atoms with Gasteiger partial charge in [-0.15, -0.1) is 24.0 Å². The van der Waals surface area contributed by atoms with Gasteiger partial charge in [-0.2, -0.15) is 0 Å².